The minimum Gasteiger partial charge on any atom is -0.442 e. The van der Waals surface area contributed by atoms with Crippen LogP contribution in [0, 0.1) is 5.92 Å². The maximum Gasteiger partial charge on any atom is 0.270 e. The molecule has 2 aromatic heterocycles. The van der Waals surface area contributed by atoms with Crippen LogP contribution in [0.5, 0.6) is 0 Å². The molecule has 5 heterocycles. The monoisotopic (exact) mass is 272 g/mol. The molecule has 0 unspecified atom stereocenters. The first kappa shape index (κ1) is 11.8. The van der Waals surface area contributed by atoms with Crippen molar-refractivity contribution in [3.8, 4) is 0 Å². The van der Waals surface area contributed by atoms with E-state index in [4.69, 9.17) is 4.42 Å². The van der Waals surface area contributed by atoms with Gasteiger partial charge in [-0.1, -0.05) is 0 Å². The van der Waals surface area contributed by atoms with Gasteiger partial charge in [-0.2, -0.15) is 0 Å². The topological polar surface area (TPSA) is 71.3 Å². The lowest BCUT2D eigenvalue weighted by molar-refractivity contribution is 0.0618. The van der Waals surface area contributed by atoms with Gasteiger partial charge in [0.2, 0.25) is 0 Å². The van der Waals surface area contributed by atoms with Crippen LogP contribution >= 0.6 is 0 Å². The van der Waals surface area contributed by atoms with Crippen molar-refractivity contribution in [1.82, 2.24) is 20.2 Å². The third kappa shape index (κ3) is 1.96. The zero-order valence-corrected chi connectivity index (χ0v) is 11.1. The van der Waals surface area contributed by atoms with E-state index in [1.807, 2.05) is 0 Å². The molecule has 1 atom stereocenters. The van der Waals surface area contributed by atoms with Crippen molar-refractivity contribution in [1.29, 1.82) is 0 Å². The fourth-order valence-corrected chi connectivity index (χ4v) is 3.26. The third-order valence-electron chi connectivity index (χ3n) is 4.42. The number of hydrogen-bond donors (Lipinski definition) is 1. The zero-order chi connectivity index (χ0) is 13.5. The Kier molecular flexibility index (Phi) is 2.70. The quantitative estimate of drug-likeness (QED) is 0.884. The molecule has 3 aliphatic heterocycles. The molecule has 104 valence electrons. The second-order valence-electron chi connectivity index (χ2n) is 5.61. The maximum absolute atomic E-state index is 12.3. The van der Waals surface area contributed by atoms with Crippen LogP contribution in [0.4, 0.5) is 0 Å². The normalized spacial score (nSPS) is 28.7. The van der Waals surface area contributed by atoms with Crippen LogP contribution in [-0.2, 0) is 0 Å². The van der Waals surface area contributed by atoms with E-state index in [-0.39, 0.29) is 11.9 Å². The minimum absolute atomic E-state index is 0.117. The molecule has 6 heteroatoms. The summed E-state index contributed by atoms with van der Waals surface area (Å²) in [7, 11) is 0. The summed E-state index contributed by atoms with van der Waals surface area (Å²) in [5.74, 6) is 0.494. The van der Waals surface area contributed by atoms with Crippen molar-refractivity contribution in [2.75, 3.05) is 19.6 Å². The number of nitrogens with one attached hydrogen (secondary N) is 1. The summed E-state index contributed by atoms with van der Waals surface area (Å²) in [4.78, 5) is 22.9. The highest BCUT2D eigenvalue weighted by Gasteiger charge is 2.35. The number of carbonyl (C=O) groups excluding carboxylic acids is 1. The molecule has 1 N–H and O–H groups in total. The Balaban J connectivity index is 1.52. The van der Waals surface area contributed by atoms with Gasteiger partial charge >= 0.3 is 0 Å². The number of hydrogen-bond acceptors (Lipinski definition) is 5. The predicted molar refractivity (Wildman–Crippen MR) is 72.2 cm³/mol. The molecule has 5 rings (SSSR count). The van der Waals surface area contributed by atoms with Crippen LogP contribution in [0.1, 0.15) is 23.3 Å². The van der Waals surface area contributed by atoms with Gasteiger partial charge < -0.3 is 14.6 Å². The summed E-state index contributed by atoms with van der Waals surface area (Å²) < 4.78 is 5.13. The van der Waals surface area contributed by atoms with Gasteiger partial charge in [0, 0.05) is 12.6 Å². The number of amides is 1. The highest BCUT2D eigenvalue weighted by Crippen LogP contribution is 2.27. The summed E-state index contributed by atoms with van der Waals surface area (Å²) in [6.07, 6.45) is 5.27. The van der Waals surface area contributed by atoms with E-state index in [9.17, 15) is 4.79 Å². The molecule has 0 aromatic carbocycles. The van der Waals surface area contributed by atoms with Gasteiger partial charge in [-0.15, -0.1) is 0 Å². The number of nitrogens with zero attached hydrogens (tertiary/aromatic N) is 3. The zero-order valence-electron chi connectivity index (χ0n) is 11.1. The molecule has 2 aromatic rings. The number of aromatic nitrogens is 2. The second-order valence-corrected chi connectivity index (χ2v) is 5.61. The Labute approximate surface area is 116 Å². The number of rotatable bonds is 2. The van der Waals surface area contributed by atoms with Crippen LogP contribution in [0.15, 0.2) is 23.1 Å². The molecular formula is C14H16N4O2. The average Bonchev–Trinajstić information content (AvgIpc) is 2.96. The molecule has 0 saturated carbocycles. The largest absolute Gasteiger partial charge is 0.442 e. The number of carbonyl (C=O) groups is 1. The van der Waals surface area contributed by atoms with E-state index < -0.39 is 0 Å². The van der Waals surface area contributed by atoms with Gasteiger partial charge in [-0.3, -0.25) is 4.79 Å². The highest BCUT2D eigenvalue weighted by molar-refractivity contribution is 5.95. The fraction of sp³-hybridized carbons (Fsp3) is 0.500. The highest BCUT2D eigenvalue weighted by atomic mass is 16.3. The number of pyridine rings is 1. The summed E-state index contributed by atoms with van der Waals surface area (Å²) in [6, 6.07) is 1.93. The van der Waals surface area contributed by atoms with Gasteiger partial charge in [-0.05, 0) is 37.9 Å². The molecule has 0 aliphatic carbocycles. The Hall–Kier alpha value is -1.95. The van der Waals surface area contributed by atoms with Crippen molar-refractivity contribution < 1.29 is 9.21 Å². The minimum atomic E-state index is -0.117. The Morgan fingerprint density at radius 3 is 2.95 bits per heavy atom. The standard InChI is InChI=1S/C14H16N4O2/c19-14(11-5-10-13(6-15-11)20-8-16-10)17-12-7-18-3-1-9(12)2-4-18/h5-6,8-9,12H,1-4,7H2,(H,17,19)/t12-/m0/s1. The van der Waals surface area contributed by atoms with Crippen molar-refractivity contribution in [3.63, 3.8) is 0 Å². The lowest BCUT2D eigenvalue weighted by Crippen LogP contribution is -2.57. The first-order valence-corrected chi connectivity index (χ1v) is 7.02. The van der Waals surface area contributed by atoms with Gasteiger partial charge in [0.05, 0.1) is 6.20 Å². The Morgan fingerprint density at radius 1 is 1.35 bits per heavy atom. The first-order valence-electron chi connectivity index (χ1n) is 7.02. The number of oxazole rings is 1. The summed E-state index contributed by atoms with van der Waals surface area (Å²) in [6.45, 7) is 3.29. The SMILES string of the molecule is O=C(N[C@H]1CN2CCC1CC2)c1cc2ncoc2cn1. The second kappa shape index (κ2) is 4.56. The van der Waals surface area contributed by atoms with Crippen LogP contribution in [0.2, 0.25) is 0 Å². The van der Waals surface area contributed by atoms with Crippen LogP contribution in [-0.4, -0.2) is 46.5 Å². The van der Waals surface area contributed by atoms with Crippen LogP contribution < -0.4 is 5.32 Å². The average molecular weight is 272 g/mol. The molecule has 0 radical (unpaired) electrons. The van der Waals surface area contributed by atoms with Crippen molar-refractivity contribution in [3.05, 3.63) is 24.4 Å². The molecular weight excluding hydrogens is 256 g/mol. The molecule has 6 nitrogen and oxygen atoms in total. The third-order valence-corrected chi connectivity index (χ3v) is 4.42. The summed E-state index contributed by atoms with van der Waals surface area (Å²) >= 11 is 0. The van der Waals surface area contributed by atoms with Gasteiger partial charge in [0.15, 0.2) is 12.0 Å². The fourth-order valence-electron chi connectivity index (χ4n) is 3.26. The molecule has 3 aliphatic rings. The van der Waals surface area contributed by atoms with Crippen molar-refractivity contribution >= 4 is 17.0 Å². The lowest BCUT2D eigenvalue weighted by atomic mass is 9.84. The molecule has 20 heavy (non-hydrogen) atoms. The van der Waals surface area contributed by atoms with Gasteiger partial charge in [0.25, 0.3) is 5.91 Å². The Morgan fingerprint density at radius 2 is 2.20 bits per heavy atom. The summed E-state index contributed by atoms with van der Waals surface area (Å²) in [5.41, 5.74) is 1.67. The van der Waals surface area contributed by atoms with E-state index in [0.29, 0.717) is 22.7 Å². The Bertz CT molecular complexity index is 645. The molecule has 3 fully saturated rings. The van der Waals surface area contributed by atoms with E-state index in [1.165, 1.54) is 32.3 Å². The van der Waals surface area contributed by atoms with Crippen LogP contribution in [0.25, 0.3) is 11.1 Å². The molecule has 1 amide bonds. The summed E-state index contributed by atoms with van der Waals surface area (Å²) in [5, 5.41) is 3.12. The van der Waals surface area contributed by atoms with Crippen molar-refractivity contribution in [2.45, 2.75) is 18.9 Å². The van der Waals surface area contributed by atoms with E-state index in [2.05, 4.69) is 20.2 Å². The number of piperidine rings is 3. The first-order chi connectivity index (χ1) is 9.79. The van der Waals surface area contributed by atoms with E-state index in [0.717, 1.165) is 6.54 Å². The molecule has 0 spiro atoms. The lowest BCUT2D eigenvalue weighted by Gasteiger charge is -2.44. The van der Waals surface area contributed by atoms with Crippen LogP contribution in [0.3, 0.4) is 0 Å². The predicted octanol–water partition coefficient (Wildman–Crippen LogP) is 1.05. The maximum atomic E-state index is 12.3. The van der Waals surface area contributed by atoms with Crippen molar-refractivity contribution in [2.24, 2.45) is 5.92 Å². The number of fused-ring (bicyclic) bond motifs is 4. The smallest absolute Gasteiger partial charge is 0.270 e. The molecule has 3 saturated heterocycles. The van der Waals surface area contributed by atoms with E-state index >= 15 is 0 Å². The van der Waals surface area contributed by atoms with Gasteiger partial charge in [0.1, 0.15) is 11.2 Å². The van der Waals surface area contributed by atoms with Gasteiger partial charge in [-0.25, -0.2) is 9.97 Å². The molecule has 2 bridgehead atoms. The van der Waals surface area contributed by atoms with E-state index in [1.54, 1.807) is 12.3 Å².